The highest BCUT2D eigenvalue weighted by Crippen LogP contribution is 2.41. The van der Waals surface area contributed by atoms with Gasteiger partial charge in [0.1, 0.15) is 22.0 Å². The van der Waals surface area contributed by atoms with Crippen LogP contribution < -0.4 is 15.4 Å². The highest BCUT2D eigenvalue weighted by Gasteiger charge is 2.44. The number of hydrogen-bond donors (Lipinski definition) is 3. The minimum absolute atomic E-state index is 0.00226. The van der Waals surface area contributed by atoms with Gasteiger partial charge in [-0.1, -0.05) is 12.1 Å². The number of hydrogen-bond acceptors (Lipinski definition) is 9. The lowest BCUT2D eigenvalue weighted by atomic mass is 10.0. The number of carbonyl (C=O) groups is 2. The molecule has 272 valence electrons. The molecule has 0 bridgehead atoms. The number of sulfone groups is 1. The molecule has 1 atom stereocenters. The second-order valence-corrected chi connectivity index (χ2v) is 14.9. The number of fused-ring (bicyclic) bond motifs is 1. The van der Waals surface area contributed by atoms with Gasteiger partial charge in [-0.3, -0.25) is 9.59 Å². The third-order valence-electron chi connectivity index (χ3n) is 8.12. The number of carbonyl (C=O) groups excluding carboxylic acids is 2. The Kier molecular flexibility index (Phi) is 9.25. The van der Waals surface area contributed by atoms with Gasteiger partial charge in [0, 0.05) is 33.7 Å². The standard InChI is InChI=1S/C33H23F7N4O6S2/c1-50-24-7-2-16(17-13-41-30(42-14-17)31(47)8-9-52(48,49)15-31)10-21(24)28(45)44-26-20-5-3-18(32(35,36)37)11-25(20)51-27(26)29(46)43-19-4-6-23(34)22(12-19)33(38,39)40/h2-7,10-14,47H,8-9,15H2,1H3,(H,43,46)(H,44,45). The van der Waals surface area contributed by atoms with Crippen molar-refractivity contribution in [2.75, 3.05) is 29.2 Å². The summed E-state index contributed by atoms with van der Waals surface area (Å²) in [5.74, 6) is -4.47. The number of amides is 2. The molecule has 1 unspecified atom stereocenters. The first-order valence-corrected chi connectivity index (χ1v) is 17.5. The Hall–Kier alpha value is -5.14. The fourth-order valence-electron chi connectivity index (χ4n) is 5.54. The number of anilines is 2. The van der Waals surface area contributed by atoms with Crippen LogP contribution in [0.3, 0.4) is 0 Å². The van der Waals surface area contributed by atoms with Gasteiger partial charge in [-0.2, -0.15) is 26.3 Å². The molecule has 5 aromatic rings. The summed E-state index contributed by atoms with van der Waals surface area (Å²) in [5.41, 5.74) is -4.69. The van der Waals surface area contributed by atoms with Crippen LogP contribution in [0.15, 0.2) is 67.0 Å². The number of ether oxygens (including phenoxy) is 1. The van der Waals surface area contributed by atoms with Crippen LogP contribution in [-0.4, -0.2) is 53.9 Å². The van der Waals surface area contributed by atoms with E-state index in [9.17, 15) is 53.8 Å². The number of halogens is 7. The van der Waals surface area contributed by atoms with Crippen LogP contribution in [0.25, 0.3) is 21.2 Å². The first-order chi connectivity index (χ1) is 24.3. The van der Waals surface area contributed by atoms with Gasteiger partial charge in [0.2, 0.25) is 0 Å². The maximum Gasteiger partial charge on any atom is 0.419 e. The lowest BCUT2D eigenvalue weighted by Crippen LogP contribution is -2.29. The highest BCUT2D eigenvalue weighted by atomic mass is 32.2. The zero-order valence-electron chi connectivity index (χ0n) is 26.3. The Bertz CT molecular complexity index is 2350. The number of nitrogens with zero attached hydrogens (tertiary/aromatic N) is 2. The van der Waals surface area contributed by atoms with Gasteiger partial charge >= 0.3 is 12.4 Å². The molecule has 0 spiro atoms. The van der Waals surface area contributed by atoms with Crippen LogP contribution in [0, 0.1) is 5.82 Å². The molecule has 0 aliphatic carbocycles. The van der Waals surface area contributed by atoms with Gasteiger partial charge in [-0.05, 0) is 54.4 Å². The van der Waals surface area contributed by atoms with Crippen LogP contribution in [-0.2, 0) is 27.8 Å². The van der Waals surface area contributed by atoms with E-state index in [1.165, 1.54) is 37.7 Å². The molecule has 1 aliphatic rings. The zero-order valence-corrected chi connectivity index (χ0v) is 28.0. The molecule has 1 saturated heterocycles. The van der Waals surface area contributed by atoms with E-state index in [4.69, 9.17) is 4.74 Å². The quantitative estimate of drug-likeness (QED) is 0.149. The third-order valence-corrected chi connectivity index (χ3v) is 11.0. The second kappa shape index (κ2) is 13.1. The van der Waals surface area contributed by atoms with Gasteiger partial charge in [-0.25, -0.2) is 22.8 Å². The van der Waals surface area contributed by atoms with E-state index in [0.29, 0.717) is 34.6 Å². The molecule has 1 fully saturated rings. The van der Waals surface area contributed by atoms with Gasteiger partial charge in [0.15, 0.2) is 15.7 Å². The number of benzene rings is 3. The fourth-order valence-corrected chi connectivity index (χ4v) is 8.42. The molecule has 6 rings (SSSR count). The predicted molar refractivity (Wildman–Crippen MR) is 175 cm³/mol. The Balaban J connectivity index is 1.36. The molecule has 0 saturated carbocycles. The SMILES string of the molecule is COc1ccc(-c2cnc(C3(O)CCS(=O)(=O)C3)nc2)cc1C(=O)Nc1c(C(=O)Nc2ccc(F)c(C(F)(F)F)c2)sc2cc(C(F)(F)F)ccc12. The Morgan fingerprint density at radius 3 is 2.23 bits per heavy atom. The smallest absolute Gasteiger partial charge is 0.419 e. The largest absolute Gasteiger partial charge is 0.496 e. The predicted octanol–water partition coefficient (Wildman–Crippen LogP) is 7.05. The van der Waals surface area contributed by atoms with Crippen molar-refractivity contribution in [3.8, 4) is 16.9 Å². The molecule has 0 radical (unpaired) electrons. The molecule has 1 aliphatic heterocycles. The molecule has 2 aromatic heterocycles. The Morgan fingerprint density at radius 2 is 1.62 bits per heavy atom. The van der Waals surface area contributed by atoms with Crippen molar-refractivity contribution in [3.05, 3.63) is 100 Å². The van der Waals surface area contributed by atoms with E-state index in [1.807, 2.05) is 0 Å². The summed E-state index contributed by atoms with van der Waals surface area (Å²) in [6.45, 7) is 0. The Labute approximate surface area is 293 Å². The number of methoxy groups -OCH3 is 1. The number of rotatable bonds is 7. The third kappa shape index (κ3) is 7.28. The minimum Gasteiger partial charge on any atom is -0.496 e. The lowest BCUT2D eigenvalue weighted by Gasteiger charge is -2.18. The van der Waals surface area contributed by atoms with Crippen LogP contribution >= 0.6 is 11.3 Å². The van der Waals surface area contributed by atoms with Crippen molar-refractivity contribution in [2.24, 2.45) is 0 Å². The maximum atomic E-state index is 13.9. The van der Waals surface area contributed by atoms with Crippen LogP contribution in [0.2, 0.25) is 0 Å². The number of nitrogens with one attached hydrogen (secondary N) is 2. The van der Waals surface area contributed by atoms with Crippen molar-refractivity contribution in [3.63, 3.8) is 0 Å². The van der Waals surface area contributed by atoms with Gasteiger partial charge in [-0.15, -0.1) is 11.3 Å². The van der Waals surface area contributed by atoms with Crippen molar-refractivity contribution in [2.45, 2.75) is 24.4 Å². The zero-order chi connectivity index (χ0) is 37.8. The van der Waals surface area contributed by atoms with E-state index in [1.54, 1.807) is 0 Å². The summed E-state index contributed by atoms with van der Waals surface area (Å²) in [6.07, 6.45) is -7.34. The molecule has 19 heteroatoms. The Morgan fingerprint density at radius 1 is 0.904 bits per heavy atom. The van der Waals surface area contributed by atoms with E-state index in [0.717, 1.165) is 24.3 Å². The van der Waals surface area contributed by atoms with Crippen molar-refractivity contribution in [1.82, 2.24) is 9.97 Å². The molecule has 2 amide bonds. The minimum atomic E-state index is -5.10. The number of alkyl halides is 6. The number of thiophene rings is 1. The fraction of sp³-hybridized carbons (Fsp3) is 0.212. The highest BCUT2D eigenvalue weighted by molar-refractivity contribution is 7.91. The molecule has 3 aromatic carbocycles. The van der Waals surface area contributed by atoms with Crippen molar-refractivity contribution >= 4 is 54.4 Å². The summed E-state index contributed by atoms with van der Waals surface area (Å²) in [6, 6.07) is 8.50. The van der Waals surface area contributed by atoms with E-state index in [2.05, 4.69) is 20.6 Å². The van der Waals surface area contributed by atoms with Gasteiger partial charge in [0.25, 0.3) is 11.8 Å². The summed E-state index contributed by atoms with van der Waals surface area (Å²) in [5, 5.41) is 15.5. The normalized spacial score (nSPS) is 17.2. The van der Waals surface area contributed by atoms with E-state index in [-0.39, 0.29) is 50.0 Å². The van der Waals surface area contributed by atoms with Crippen molar-refractivity contribution in [1.29, 1.82) is 0 Å². The first kappa shape index (κ1) is 36.6. The second-order valence-electron chi connectivity index (χ2n) is 11.7. The summed E-state index contributed by atoms with van der Waals surface area (Å²) >= 11 is 0.524. The molecule has 3 heterocycles. The molecule has 52 heavy (non-hydrogen) atoms. The number of aromatic nitrogens is 2. The summed E-state index contributed by atoms with van der Waals surface area (Å²) in [4.78, 5) is 35.2. The monoisotopic (exact) mass is 768 g/mol. The van der Waals surface area contributed by atoms with Gasteiger partial charge in [0.05, 0.1) is 41.0 Å². The van der Waals surface area contributed by atoms with Crippen LogP contribution in [0.1, 0.15) is 43.4 Å². The van der Waals surface area contributed by atoms with Crippen molar-refractivity contribution < 1.29 is 58.6 Å². The van der Waals surface area contributed by atoms with E-state index < -0.39 is 68.0 Å². The van der Waals surface area contributed by atoms with Crippen LogP contribution in [0.5, 0.6) is 5.75 Å². The summed E-state index contributed by atoms with van der Waals surface area (Å²) < 4.78 is 124. The van der Waals surface area contributed by atoms with Crippen LogP contribution in [0.4, 0.5) is 42.1 Å². The number of aliphatic hydroxyl groups is 1. The topological polar surface area (TPSA) is 148 Å². The lowest BCUT2D eigenvalue weighted by molar-refractivity contribution is -0.140. The average molecular weight is 769 g/mol. The van der Waals surface area contributed by atoms with E-state index >= 15 is 0 Å². The first-order valence-electron chi connectivity index (χ1n) is 14.8. The molecular formula is C33H23F7N4O6S2. The van der Waals surface area contributed by atoms with Gasteiger partial charge < -0.3 is 20.5 Å². The molecule has 3 N–H and O–H groups in total. The average Bonchev–Trinajstić information content (AvgIpc) is 3.59. The molecular weight excluding hydrogens is 746 g/mol. The maximum absolute atomic E-state index is 13.9. The summed E-state index contributed by atoms with van der Waals surface area (Å²) in [7, 11) is -2.22. The molecule has 10 nitrogen and oxygen atoms in total.